The van der Waals surface area contributed by atoms with E-state index < -0.39 is 0 Å². The van der Waals surface area contributed by atoms with Crippen LogP contribution in [0.3, 0.4) is 0 Å². The van der Waals surface area contributed by atoms with Crippen molar-refractivity contribution in [1.29, 1.82) is 0 Å². The minimum atomic E-state index is -0.319. The standard InChI is InChI=1S/C8H14N4OS2/c1-2-3-10-6(7(9)13)4-14-8-11-5-12-15-8/h5-6,10H,2-4H2,1H3,(H2,9,13). The van der Waals surface area contributed by atoms with Crippen LogP contribution in [0.1, 0.15) is 13.3 Å². The Hall–Kier alpha value is -0.660. The summed E-state index contributed by atoms with van der Waals surface area (Å²) in [4.78, 5) is 15.1. The molecule has 0 bridgehead atoms. The Morgan fingerprint density at radius 1 is 1.80 bits per heavy atom. The lowest BCUT2D eigenvalue weighted by molar-refractivity contribution is -0.119. The van der Waals surface area contributed by atoms with E-state index in [9.17, 15) is 4.79 Å². The number of aromatic nitrogens is 2. The summed E-state index contributed by atoms with van der Waals surface area (Å²) in [6, 6.07) is -0.293. The van der Waals surface area contributed by atoms with Crippen LogP contribution >= 0.6 is 23.3 Å². The molecule has 0 aliphatic heterocycles. The van der Waals surface area contributed by atoms with Gasteiger partial charge in [-0.05, 0) is 24.5 Å². The Morgan fingerprint density at radius 2 is 2.60 bits per heavy atom. The minimum absolute atomic E-state index is 0.293. The molecule has 0 aliphatic rings. The lowest BCUT2D eigenvalue weighted by atomic mass is 10.3. The smallest absolute Gasteiger partial charge is 0.235 e. The maximum atomic E-state index is 11.1. The molecule has 84 valence electrons. The Kier molecular flexibility index (Phi) is 5.59. The number of primary amides is 1. The van der Waals surface area contributed by atoms with Crippen molar-refractivity contribution in [2.45, 2.75) is 23.7 Å². The molecule has 3 N–H and O–H groups in total. The van der Waals surface area contributed by atoms with Crippen LogP contribution in [0.25, 0.3) is 0 Å². The maximum Gasteiger partial charge on any atom is 0.235 e. The molecule has 1 amide bonds. The molecule has 1 aromatic heterocycles. The van der Waals surface area contributed by atoms with E-state index in [4.69, 9.17) is 5.73 Å². The first-order valence-corrected chi connectivity index (χ1v) is 6.42. The Labute approximate surface area is 97.0 Å². The van der Waals surface area contributed by atoms with Crippen molar-refractivity contribution >= 4 is 29.2 Å². The molecule has 1 heterocycles. The monoisotopic (exact) mass is 246 g/mol. The van der Waals surface area contributed by atoms with E-state index in [1.807, 2.05) is 6.92 Å². The highest BCUT2D eigenvalue weighted by molar-refractivity contribution is 8.01. The SMILES string of the molecule is CCCNC(CSc1ncns1)C(N)=O. The molecule has 1 rings (SSSR count). The van der Waals surface area contributed by atoms with E-state index in [0.717, 1.165) is 17.3 Å². The minimum Gasteiger partial charge on any atom is -0.368 e. The largest absolute Gasteiger partial charge is 0.368 e. The molecular formula is C8H14N4OS2. The van der Waals surface area contributed by atoms with Crippen LogP contribution in [-0.4, -0.2) is 33.6 Å². The molecule has 0 aromatic carbocycles. The Bertz CT molecular complexity index is 291. The molecular weight excluding hydrogens is 232 g/mol. The Morgan fingerprint density at radius 3 is 3.13 bits per heavy atom. The number of carbonyl (C=O) groups is 1. The van der Waals surface area contributed by atoms with Gasteiger partial charge in [-0.25, -0.2) is 4.98 Å². The molecule has 0 saturated heterocycles. The lowest BCUT2D eigenvalue weighted by Crippen LogP contribution is -2.43. The summed E-state index contributed by atoms with van der Waals surface area (Å²) < 4.78 is 4.74. The van der Waals surface area contributed by atoms with Crippen molar-refractivity contribution in [2.75, 3.05) is 12.3 Å². The number of nitrogens with zero attached hydrogens (tertiary/aromatic N) is 2. The van der Waals surface area contributed by atoms with Crippen molar-refractivity contribution in [2.24, 2.45) is 5.73 Å². The lowest BCUT2D eigenvalue weighted by Gasteiger charge is -2.13. The molecule has 1 aromatic rings. The maximum absolute atomic E-state index is 11.1. The van der Waals surface area contributed by atoms with Gasteiger partial charge in [-0.3, -0.25) is 4.79 Å². The van der Waals surface area contributed by atoms with Crippen molar-refractivity contribution in [3.8, 4) is 0 Å². The molecule has 1 unspecified atom stereocenters. The van der Waals surface area contributed by atoms with Gasteiger partial charge in [-0.15, -0.1) is 0 Å². The Balaban J connectivity index is 2.34. The van der Waals surface area contributed by atoms with Crippen LogP contribution in [0, 0.1) is 0 Å². The van der Waals surface area contributed by atoms with E-state index >= 15 is 0 Å². The van der Waals surface area contributed by atoms with Gasteiger partial charge in [0.25, 0.3) is 0 Å². The van der Waals surface area contributed by atoms with Gasteiger partial charge in [0, 0.05) is 5.75 Å². The van der Waals surface area contributed by atoms with Gasteiger partial charge in [-0.2, -0.15) is 4.37 Å². The van der Waals surface area contributed by atoms with Gasteiger partial charge in [0.05, 0.1) is 6.04 Å². The van der Waals surface area contributed by atoms with Crippen LogP contribution in [0.2, 0.25) is 0 Å². The first-order chi connectivity index (χ1) is 7.24. The van der Waals surface area contributed by atoms with Crippen LogP contribution in [-0.2, 0) is 4.79 Å². The molecule has 0 radical (unpaired) electrons. The van der Waals surface area contributed by atoms with Crippen LogP contribution < -0.4 is 11.1 Å². The zero-order valence-corrected chi connectivity index (χ0v) is 10.1. The summed E-state index contributed by atoms with van der Waals surface area (Å²) in [5.41, 5.74) is 5.27. The van der Waals surface area contributed by atoms with Crippen LogP contribution in [0.5, 0.6) is 0 Å². The third-order valence-corrected chi connectivity index (χ3v) is 3.59. The topological polar surface area (TPSA) is 80.9 Å². The molecule has 7 heteroatoms. The second-order valence-electron chi connectivity index (χ2n) is 2.93. The molecule has 0 saturated carbocycles. The summed E-state index contributed by atoms with van der Waals surface area (Å²) in [7, 11) is 0. The highest BCUT2D eigenvalue weighted by Crippen LogP contribution is 2.18. The van der Waals surface area contributed by atoms with Crippen molar-refractivity contribution in [3.05, 3.63) is 6.33 Å². The van der Waals surface area contributed by atoms with Gasteiger partial charge in [-0.1, -0.05) is 18.7 Å². The fourth-order valence-electron chi connectivity index (χ4n) is 0.941. The van der Waals surface area contributed by atoms with Gasteiger partial charge in [0.2, 0.25) is 5.91 Å². The van der Waals surface area contributed by atoms with Crippen molar-refractivity contribution in [3.63, 3.8) is 0 Å². The zero-order valence-electron chi connectivity index (χ0n) is 8.47. The van der Waals surface area contributed by atoms with E-state index in [1.165, 1.54) is 29.6 Å². The zero-order chi connectivity index (χ0) is 11.1. The number of thioether (sulfide) groups is 1. The highest BCUT2D eigenvalue weighted by Gasteiger charge is 2.14. The summed E-state index contributed by atoms with van der Waals surface area (Å²) in [5.74, 6) is 0.283. The van der Waals surface area contributed by atoms with Crippen LogP contribution in [0.15, 0.2) is 10.7 Å². The second kappa shape index (κ2) is 6.76. The van der Waals surface area contributed by atoms with Crippen molar-refractivity contribution < 1.29 is 4.79 Å². The van der Waals surface area contributed by atoms with Gasteiger partial charge in [0.15, 0.2) is 4.34 Å². The van der Waals surface area contributed by atoms with Gasteiger partial charge < -0.3 is 11.1 Å². The molecule has 0 fully saturated rings. The van der Waals surface area contributed by atoms with E-state index in [0.29, 0.717) is 5.75 Å². The molecule has 15 heavy (non-hydrogen) atoms. The molecule has 5 nitrogen and oxygen atoms in total. The fourth-order valence-corrected chi connectivity index (χ4v) is 2.48. The number of rotatable bonds is 7. The number of nitrogens with one attached hydrogen (secondary N) is 1. The second-order valence-corrected chi connectivity index (χ2v) is 4.97. The summed E-state index contributed by atoms with van der Waals surface area (Å²) in [6.07, 6.45) is 2.49. The molecule has 1 atom stereocenters. The predicted molar refractivity (Wildman–Crippen MR) is 61.9 cm³/mol. The van der Waals surface area contributed by atoms with Crippen molar-refractivity contribution in [1.82, 2.24) is 14.7 Å². The number of carbonyl (C=O) groups excluding carboxylic acids is 1. The quantitative estimate of drug-likeness (QED) is 0.684. The summed E-state index contributed by atoms with van der Waals surface area (Å²) in [5, 5.41) is 3.09. The molecule has 0 spiro atoms. The fraction of sp³-hybridized carbons (Fsp3) is 0.625. The average Bonchev–Trinajstić information content (AvgIpc) is 2.70. The average molecular weight is 246 g/mol. The van der Waals surface area contributed by atoms with E-state index in [2.05, 4.69) is 14.7 Å². The third-order valence-electron chi connectivity index (χ3n) is 1.70. The predicted octanol–water partition coefficient (Wildman–Crippen LogP) is 0.484. The first kappa shape index (κ1) is 12.4. The first-order valence-electron chi connectivity index (χ1n) is 4.66. The number of hydrogen-bond acceptors (Lipinski definition) is 6. The number of nitrogens with two attached hydrogens (primary N) is 1. The summed E-state index contributed by atoms with van der Waals surface area (Å²) >= 11 is 2.82. The number of amides is 1. The highest BCUT2D eigenvalue weighted by atomic mass is 32.2. The van der Waals surface area contributed by atoms with E-state index in [1.54, 1.807) is 0 Å². The third kappa shape index (κ3) is 4.59. The van der Waals surface area contributed by atoms with Gasteiger partial charge >= 0.3 is 0 Å². The number of hydrogen-bond donors (Lipinski definition) is 2. The van der Waals surface area contributed by atoms with E-state index in [-0.39, 0.29) is 11.9 Å². The van der Waals surface area contributed by atoms with Gasteiger partial charge in [0.1, 0.15) is 6.33 Å². The van der Waals surface area contributed by atoms with Crippen LogP contribution in [0.4, 0.5) is 0 Å². The summed E-state index contributed by atoms with van der Waals surface area (Å²) in [6.45, 7) is 2.84. The molecule has 0 aliphatic carbocycles. The normalized spacial score (nSPS) is 12.6.